The lowest BCUT2D eigenvalue weighted by molar-refractivity contribution is -0.111. The molecule has 0 N–H and O–H groups in total. The van der Waals surface area contributed by atoms with Crippen LogP contribution in [-0.2, 0) is 21.9 Å². The van der Waals surface area contributed by atoms with Crippen molar-refractivity contribution in [3.63, 3.8) is 0 Å². The van der Waals surface area contributed by atoms with Crippen LogP contribution in [0.1, 0.15) is 37.2 Å². The molecule has 1 saturated carbocycles. The summed E-state index contributed by atoms with van der Waals surface area (Å²) < 4.78 is 29.8. The molecule has 0 spiro atoms. The van der Waals surface area contributed by atoms with E-state index in [0.29, 0.717) is 11.6 Å². The molecule has 3 aromatic heterocycles. The number of aromatic nitrogens is 4. The molecule has 1 aliphatic rings. The molecule has 0 bridgehead atoms. The van der Waals surface area contributed by atoms with Crippen LogP contribution in [-0.4, -0.2) is 33.4 Å². The molecule has 0 radical (unpaired) electrons. The van der Waals surface area contributed by atoms with Crippen LogP contribution in [0.5, 0.6) is 0 Å². The van der Waals surface area contributed by atoms with Crippen molar-refractivity contribution in [1.29, 1.82) is 0 Å². The minimum Gasteiger partial charge on any atom is -0.303 e. The van der Waals surface area contributed by atoms with Crippen molar-refractivity contribution in [2.24, 2.45) is 13.0 Å². The Morgan fingerprint density at radius 2 is 1.78 bits per heavy atom. The summed E-state index contributed by atoms with van der Waals surface area (Å²) in [5.74, 6) is 0.463. The van der Waals surface area contributed by atoms with Crippen LogP contribution < -0.4 is 0 Å². The van der Waals surface area contributed by atoms with Gasteiger partial charge in [0.2, 0.25) is 0 Å². The fourth-order valence-electron chi connectivity index (χ4n) is 4.59. The molecule has 0 unspecified atom stereocenters. The highest BCUT2D eigenvalue weighted by Gasteiger charge is 2.26. The molecular formula is C24H24N4O3S. The second kappa shape index (κ2) is 8.02. The summed E-state index contributed by atoms with van der Waals surface area (Å²) in [6.45, 7) is 0. The molecular weight excluding hydrogens is 424 g/mol. The standard InChI is InChI=1S/C24H24N4O3S/c1-27-14-20(13-26-27)23-15-28(32(30,31)21-5-3-2-4-6-21)24-22(23)11-19(12-25-24)18-9-7-17(16-29)8-10-18/h2-6,11-18H,7-10H2,1H3. The number of nitrogens with zero attached hydrogens (tertiary/aromatic N) is 4. The molecule has 4 aromatic rings. The monoisotopic (exact) mass is 448 g/mol. The van der Waals surface area contributed by atoms with E-state index in [1.54, 1.807) is 53.6 Å². The zero-order valence-electron chi connectivity index (χ0n) is 17.8. The highest BCUT2D eigenvalue weighted by molar-refractivity contribution is 7.90. The van der Waals surface area contributed by atoms with E-state index in [1.165, 1.54) is 3.97 Å². The Balaban J connectivity index is 1.66. The molecule has 32 heavy (non-hydrogen) atoms. The third-order valence-electron chi connectivity index (χ3n) is 6.38. The van der Waals surface area contributed by atoms with Crippen LogP contribution in [0.3, 0.4) is 0 Å². The maximum absolute atomic E-state index is 13.4. The molecule has 0 amide bonds. The number of fused-ring (bicyclic) bond motifs is 1. The molecule has 7 nitrogen and oxygen atoms in total. The molecule has 0 saturated heterocycles. The molecule has 0 aliphatic heterocycles. The maximum Gasteiger partial charge on any atom is 0.269 e. The number of pyridine rings is 1. The zero-order valence-corrected chi connectivity index (χ0v) is 18.6. The van der Waals surface area contributed by atoms with Gasteiger partial charge in [0, 0.05) is 48.1 Å². The van der Waals surface area contributed by atoms with Gasteiger partial charge in [-0.1, -0.05) is 18.2 Å². The highest BCUT2D eigenvalue weighted by Crippen LogP contribution is 2.38. The summed E-state index contributed by atoms with van der Waals surface area (Å²) in [7, 11) is -1.97. The predicted octanol–water partition coefficient (Wildman–Crippen LogP) is 4.15. The normalized spacial score (nSPS) is 19.3. The summed E-state index contributed by atoms with van der Waals surface area (Å²) in [6.07, 6.45) is 11.7. The van der Waals surface area contributed by atoms with E-state index < -0.39 is 10.0 Å². The number of rotatable bonds is 5. The Morgan fingerprint density at radius 1 is 1.03 bits per heavy atom. The van der Waals surface area contributed by atoms with Gasteiger partial charge < -0.3 is 4.79 Å². The number of benzene rings is 1. The maximum atomic E-state index is 13.4. The Labute approximate surface area is 186 Å². The number of carbonyl (C=O) groups excluding carboxylic acids is 1. The van der Waals surface area contributed by atoms with Gasteiger partial charge in [0.25, 0.3) is 10.0 Å². The minimum absolute atomic E-state index is 0.144. The second-order valence-electron chi connectivity index (χ2n) is 8.45. The van der Waals surface area contributed by atoms with Gasteiger partial charge >= 0.3 is 0 Å². The summed E-state index contributed by atoms with van der Waals surface area (Å²) in [6, 6.07) is 10.4. The van der Waals surface area contributed by atoms with Gasteiger partial charge in [0.05, 0.1) is 11.1 Å². The van der Waals surface area contributed by atoms with E-state index in [1.807, 2.05) is 13.2 Å². The average molecular weight is 449 g/mol. The van der Waals surface area contributed by atoms with Crippen molar-refractivity contribution in [2.75, 3.05) is 0 Å². The predicted molar refractivity (Wildman–Crippen MR) is 122 cm³/mol. The van der Waals surface area contributed by atoms with Crippen LogP contribution in [0, 0.1) is 5.92 Å². The third kappa shape index (κ3) is 3.54. The van der Waals surface area contributed by atoms with Crippen LogP contribution in [0.2, 0.25) is 0 Å². The Bertz CT molecular complexity index is 1380. The van der Waals surface area contributed by atoms with Crippen molar-refractivity contribution in [3.05, 3.63) is 66.7 Å². The number of hydrogen-bond donors (Lipinski definition) is 0. The van der Waals surface area contributed by atoms with Gasteiger partial charge in [-0.3, -0.25) is 4.68 Å². The molecule has 1 aromatic carbocycles. The fourth-order valence-corrected chi connectivity index (χ4v) is 5.93. The van der Waals surface area contributed by atoms with Gasteiger partial charge in [-0.25, -0.2) is 17.4 Å². The van der Waals surface area contributed by atoms with Crippen molar-refractivity contribution < 1.29 is 13.2 Å². The first-order valence-corrected chi connectivity index (χ1v) is 12.2. The number of aryl methyl sites for hydroxylation is 1. The zero-order chi connectivity index (χ0) is 22.3. The lowest BCUT2D eigenvalue weighted by atomic mass is 9.79. The Kier molecular flexibility index (Phi) is 5.17. The van der Waals surface area contributed by atoms with Crippen molar-refractivity contribution >= 4 is 27.3 Å². The molecule has 8 heteroatoms. The first-order chi connectivity index (χ1) is 15.5. The van der Waals surface area contributed by atoms with Crippen LogP contribution >= 0.6 is 0 Å². The van der Waals surface area contributed by atoms with E-state index in [-0.39, 0.29) is 10.8 Å². The van der Waals surface area contributed by atoms with E-state index in [4.69, 9.17) is 0 Å². The topological polar surface area (TPSA) is 86.9 Å². The van der Waals surface area contributed by atoms with Crippen molar-refractivity contribution in [2.45, 2.75) is 36.5 Å². The van der Waals surface area contributed by atoms with Gasteiger partial charge in [0.1, 0.15) is 6.29 Å². The second-order valence-corrected chi connectivity index (χ2v) is 10.3. The average Bonchev–Trinajstić information content (AvgIpc) is 3.43. The van der Waals surface area contributed by atoms with E-state index in [9.17, 15) is 13.2 Å². The summed E-state index contributed by atoms with van der Waals surface area (Å²) in [5, 5.41) is 5.05. The number of carbonyl (C=O) groups is 1. The largest absolute Gasteiger partial charge is 0.303 e. The lowest BCUT2D eigenvalue weighted by Gasteiger charge is -2.25. The van der Waals surface area contributed by atoms with E-state index in [2.05, 4.69) is 16.1 Å². The van der Waals surface area contributed by atoms with Crippen LogP contribution in [0.4, 0.5) is 0 Å². The smallest absolute Gasteiger partial charge is 0.269 e. The van der Waals surface area contributed by atoms with E-state index in [0.717, 1.165) is 54.0 Å². The summed E-state index contributed by atoms with van der Waals surface area (Å²) >= 11 is 0. The molecule has 5 rings (SSSR count). The van der Waals surface area contributed by atoms with Gasteiger partial charge in [-0.15, -0.1) is 0 Å². The molecule has 164 valence electrons. The molecule has 1 aliphatic carbocycles. The SMILES string of the molecule is Cn1cc(-c2cn(S(=O)(=O)c3ccccc3)c3ncc(C4CCC(C=O)CC4)cc23)cn1. The molecule has 3 heterocycles. The van der Waals surface area contributed by atoms with Crippen LogP contribution in [0.15, 0.2) is 66.1 Å². The molecule has 1 fully saturated rings. The lowest BCUT2D eigenvalue weighted by Crippen LogP contribution is -2.15. The van der Waals surface area contributed by atoms with Crippen molar-refractivity contribution in [1.82, 2.24) is 18.7 Å². The Morgan fingerprint density at radius 3 is 2.44 bits per heavy atom. The van der Waals surface area contributed by atoms with E-state index >= 15 is 0 Å². The fraction of sp³-hybridized carbons (Fsp3) is 0.292. The van der Waals surface area contributed by atoms with Gasteiger partial charge in [-0.05, 0) is 55.4 Å². The minimum atomic E-state index is -3.81. The summed E-state index contributed by atoms with van der Waals surface area (Å²) in [5.41, 5.74) is 3.10. The van der Waals surface area contributed by atoms with Crippen molar-refractivity contribution in [3.8, 4) is 11.1 Å². The first-order valence-electron chi connectivity index (χ1n) is 10.7. The van der Waals surface area contributed by atoms with Crippen LogP contribution in [0.25, 0.3) is 22.2 Å². The number of hydrogen-bond acceptors (Lipinski definition) is 5. The van der Waals surface area contributed by atoms with Gasteiger partial charge in [-0.2, -0.15) is 5.10 Å². The first kappa shape index (κ1) is 20.6. The third-order valence-corrected chi connectivity index (χ3v) is 8.05. The quantitative estimate of drug-likeness (QED) is 0.428. The molecule has 0 atom stereocenters. The van der Waals surface area contributed by atoms with Gasteiger partial charge in [0.15, 0.2) is 5.65 Å². The highest BCUT2D eigenvalue weighted by atomic mass is 32.2. The summed E-state index contributed by atoms with van der Waals surface area (Å²) in [4.78, 5) is 16.0. The Hall–Kier alpha value is -3.26. The number of aldehydes is 1.